The Labute approximate surface area is 180 Å². The Kier molecular flexibility index (Phi) is 6.23. The van der Waals surface area contributed by atoms with Crippen molar-refractivity contribution in [2.24, 2.45) is 0 Å². The third-order valence-electron chi connectivity index (χ3n) is 4.17. The van der Waals surface area contributed by atoms with E-state index in [1.54, 1.807) is 30.5 Å². The standard InChI is InChI=1S/C20H15BrCl2N2O3/c1-11-5-16(12(2)25(11)15-3-4-17(22)18(23)7-15)19(26)10-28-20(27)13-6-14(21)9-24-8-13/h3-9H,10H2,1-2H3. The minimum absolute atomic E-state index is 0.267. The number of rotatable bonds is 5. The molecule has 0 bridgehead atoms. The van der Waals surface area contributed by atoms with Crippen LogP contribution >= 0.6 is 39.1 Å². The zero-order chi connectivity index (χ0) is 20.4. The van der Waals surface area contributed by atoms with Crippen molar-refractivity contribution in [3.63, 3.8) is 0 Å². The number of esters is 1. The SMILES string of the molecule is Cc1cc(C(=O)COC(=O)c2cncc(Br)c2)c(C)n1-c1ccc(Cl)c(Cl)c1. The fourth-order valence-corrected chi connectivity index (χ4v) is 3.54. The second-order valence-electron chi connectivity index (χ2n) is 6.11. The van der Waals surface area contributed by atoms with Gasteiger partial charge in [0.05, 0.1) is 15.6 Å². The van der Waals surface area contributed by atoms with Gasteiger partial charge in [-0.2, -0.15) is 0 Å². The molecule has 8 heteroatoms. The molecule has 1 aromatic carbocycles. The van der Waals surface area contributed by atoms with Crippen LogP contribution in [-0.2, 0) is 4.74 Å². The maximum absolute atomic E-state index is 12.6. The second-order valence-corrected chi connectivity index (χ2v) is 7.84. The molecular formula is C20H15BrCl2N2O3. The molecule has 0 unspecified atom stereocenters. The van der Waals surface area contributed by atoms with E-state index in [0.29, 0.717) is 20.1 Å². The Morgan fingerprint density at radius 2 is 1.86 bits per heavy atom. The topological polar surface area (TPSA) is 61.2 Å². The highest BCUT2D eigenvalue weighted by molar-refractivity contribution is 9.10. The molecule has 5 nitrogen and oxygen atoms in total. The Bertz CT molecular complexity index is 1080. The van der Waals surface area contributed by atoms with Gasteiger partial charge in [-0.1, -0.05) is 23.2 Å². The van der Waals surface area contributed by atoms with Gasteiger partial charge in [-0.25, -0.2) is 4.79 Å². The predicted octanol–water partition coefficient (Wildman–Crippen LogP) is 5.60. The van der Waals surface area contributed by atoms with Gasteiger partial charge in [0.25, 0.3) is 0 Å². The van der Waals surface area contributed by atoms with Crippen LogP contribution in [0.4, 0.5) is 0 Å². The van der Waals surface area contributed by atoms with Gasteiger partial charge in [0.15, 0.2) is 6.61 Å². The second kappa shape index (κ2) is 8.47. The number of carbonyl (C=O) groups excluding carboxylic acids is 2. The van der Waals surface area contributed by atoms with Crippen molar-refractivity contribution in [2.75, 3.05) is 6.61 Å². The van der Waals surface area contributed by atoms with E-state index in [1.165, 1.54) is 6.20 Å². The van der Waals surface area contributed by atoms with E-state index in [4.69, 9.17) is 27.9 Å². The van der Waals surface area contributed by atoms with E-state index in [9.17, 15) is 9.59 Å². The number of aryl methyl sites for hydroxylation is 1. The van der Waals surface area contributed by atoms with Crippen molar-refractivity contribution < 1.29 is 14.3 Å². The zero-order valence-electron chi connectivity index (χ0n) is 15.0. The lowest BCUT2D eigenvalue weighted by Gasteiger charge is -2.11. The summed E-state index contributed by atoms with van der Waals surface area (Å²) in [6, 6.07) is 8.60. The number of halogens is 3. The van der Waals surface area contributed by atoms with Crippen LogP contribution in [0.5, 0.6) is 0 Å². The van der Waals surface area contributed by atoms with E-state index in [0.717, 1.165) is 17.1 Å². The number of Topliss-reactive ketones (excluding diaryl/α,β-unsaturated/α-hetero) is 1. The van der Waals surface area contributed by atoms with Crippen molar-refractivity contribution >= 4 is 50.9 Å². The molecule has 0 aliphatic rings. The molecule has 0 fully saturated rings. The van der Waals surface area contributed by atoms with Gasteiger partial charge in [-0.05, 0) is 60.1 Å². The first-order valence-corrected chi connectivity index (χ1v) is 9.78. The molecule has 0 aliphatic heterocycles. The summed E-state index contributed by atoms with van der Waals surface area (Å²) >= 11 is 15.3. The number of hydrogen-bond donors (Lipinski definition) is 0. The molecule has 0 aliphatic carbocycles. The Balaban J connectivity index is 1.79. The highest BCUT2D eigenvalue weighted by atomic mass is 79.9. The first kappa shape index (κ1) is 20.6. The molecule has 0 N–H and O–H groups in total. The molecular weight excluding hydrogens is 467 g/mol. The molecule has 0 radical (unpaired) electrons. The van der Waals surface area contributed by atoms with Crippen LogP contribution in [-0.4, -0.2) is 27.9 Å². The molecule has 0 spiro atoms. The number of aromatic nitrogens is 2. The summed E-state index contributed by atoms with van der Waals surface area (Å²) in [5.74, 6) is -0.906. The summed E-state index contributed by atoms with van der Waals surface area (Å²) in [7, 11) is 0. The van der Waals surface area contributed by atoms with Gasteiger partial charge in [-0.15, -0.1) is 0 Å². The molecule has 144 valence electrons. The molecule has 2 aromatic heterocycles. The quantitative estimate of drug-likeness (QED) is 0.351. The number of hydrogen-bond acceptors (Lipinski definition) is 4. The van der Waals surface area contributed by atoms with E-state index >= 15 is 0 Å². The van der Waals surface area contributed by atoms with Crippen LogP contribution in [0.2, 0.25) is 10.0 Å². The molecule has 0 atom stereocenters. The smallest absolute Gasteiger partial charge is 0.340 e. The lowest BCUT2D eigenvalue weighted by atomic mass is 10.1. The van der Waals surface area contributed by atoms with Gasteiger partial charge >= 0.3 is 5.97 Å². The van der Waals surface area contributed by atoms with Gasteiger partial charge in [-0.3, -0.25) is 9.78 Å². The zero-order valence-corrected chi connectivity index (χ0v) is 18.1. The fourth-order valence-electron chi connectivity index (χ4n) is 2.88. The third-order valence-corrected chi connectivity index (χ3v) is 5.34. The van der Waals surface area contributed by atoms with Crippen LogP contribution < -0.4 is 0 Å². The lowest BCUT2D eigenvalue weighted by molar-refractivity contribution is 0.0474. The summed E-state index contributed by atoms with van der Waals surface area (Å²) in [5, 5.41) is 0.884. The summed E-state index contributed by atoms with van der Waals surface area (Å²) in [6.45, 7) is 3.34. The number of carbonyl (C=O) groups is 2. The third kappa shape index (κ3) is 4.29. The highest BCUT2D eigenvalue weighted by Gasteiger charge is 2.19. The molecule has 2 heterocycles. The van der Waals surface area contributed by atoms with Crippen LogP contribution in [0, 0.1) is 13.8 Å². The van der Waals surface area contributed by atoms with Crippen molar-refractivity contribution in [2.45, 2.75) is 13.8 Å². The van der Waals surface area contributed by atoms with E-state index < -0.39 is 5.97 Å². The summed E-state index contributed by atoms with van der Waals surface area (Å²) < 4.78 is 7.70. The van der Waals surface area contributed by atoms with E-state index in [2.05, 4.69) is 20.9 Å². The van der Waals surface area contributed by atoms with Gasteiger partial charge in [0, 0.05) is 39.5 Å². The van der Waals surface area contributed by atoms with Crippen molar-refractivity contribution in [1.82, 2.24) is 9.55 Å². The first-order valence-electron chi connectivity index (χ1n) is 8.23. The summed E-state index contributed by atoms with van der Waals surface area (Å²) in [4.78, 5) is 28.6. The summed E-state index contributed by atoms with van der Waals surface area (Å²) in [5.41, 5.74) is 3.11. The monoisotopic (exact) mass is 480 g/mol. The molecule has 0 saturated carbocycles. The molecule has 0 saturated heterocycles. The number of benzene rings is 1. The molecule has 3 aromatic rings. The maximum Gasteiger partial charge on any atom is 0.340 e. The Morgan fingerprint density at radius 3 is 2.54 bits per heavy atom. The minimum Gasteiger partial charge on any atom is -0.454 e. The minimum atomic E-state index is -0.611. The van der Waals surface area contributed by atoms with Crippen LogP contribution in [0.3, 0.4) is 0 Å². The Hall–Kier alpha value is -2.15. The first-order chi connectivity index (χ1) is 13.3. The van der Waals surface area contributed by atoms with Crippen LogP contribution in [0.1, 0.15) is 32.1 Å². The van der Waals surface area contributed by atoms with Crippen molar-refractivity contribution in [3.05, 3.63) is 79.8 Å². The van der Waals surface area contributed by atoms with E-state index in [-0.39, 0.29) is 18.0 Å². The van der Waals surface area contributed by atoms with Crippen molar-refractivity contribution in [1.29, 1.82) is 0 Å². The predicted molar refractivity (Wildman–Crippen MR) is 112 cm³/mol. The van der Waals surface area contributed by atoms with Gasteiger partial charge < -0.3 is 9.30 Å². The normalized spacial score (nSPS) is 10.8. The van der Waals surface area contributed by atoms with Gasteiger partial charge in [0.2, 0.25) is 5.78 Å². The molecule has 28 heavy (non-hydrogen) atoms. The lowest BCUT2D eigenvalue weighted by Crippen LogP contribution is -2.15. The molecule has 3 rings (SSSR count). The van der Waals surface area contributed by atoms with Crippen LogP contribution in [0.25, 0.3) is 5.69 Å². The summed E-state index contributed by atoms with van der Waals surface area (Å²) in [6.07, 6.45) is 2.94. The number of pyridine rings is 1. The van der Waals surface area contributed by atoms with Gasteiger partial charge in [0.1, 0.15) is 0 Å². The Morgan fingerprint density at radius 1 is 1.11 bits per heavy atom. The largest absolute Gasteiger partial charge is 0.454 e. The average Bonchev–Trinajstić information content (AvgIpc) is 2.96. The number of ether oxygens (including phenoxy) is 1. The average molecular weight is 482 g/mol. The van der Waals surface area contributed by atoms with Crippen LogP contribution in [0.15, 0.2) is 47.2 Å². The highest BCUT2D eigenvalue weighted by Crippen LogP contribution is 2.28. The van der Waals surface area contributed by atoms with E-state index in [1.807, 2.05) is 24.5 Å². The fraction of sp³-hybridized carbons (Fsp3) is 0.150. The number of nitrogens with zero attached hydrogens (tertiary/aromatic N) is 2. The molecule has 0 amide bonds. The maximum atomic E-state index is 12.6. The van der Waals surface area contributed by atoms with Crippen molar-refractivity contribution in [3.8, 4) is 5.69 Å². The number of ketones is 1.